The Morgan fingerprint density at radius 2 is 0.803 bits per heavy atom. The fraction of sp³-hybridized carbons (Fsp3) is 0.0472. The second-order valence-corrected chi connectivity index (χ2v) is 29.2. The van der Waals surface area contributed by atoms with Crippen molar-refractivity contribution in [3.05, 3.63) is 415 Å². The fourth-order valence-electron chi connectivity index (χ4n) is 13.6. The number of phenolic OH excluding ortho intramolecular Hbond substituents is 10. The van der Waals surface area contributed by atoms with Crippen LogP contribution in [-0.4, -0.2) is 96.6 Å². The van der Waals surface area contributed by atoms with Gasteiger partial charge in [-0.3, -0.25) is 33.6 Å². The molecule has 2 unspecified atom stereocenters. The molecule has 14 aromatic carbocycles. The maximum atomic E-state index is 12.1. The minimum absolute atomic E-state index is 0.00639. The van der Waals surface area contributed by atoms with Gasteiger partial charge in [-0.15, -0.1) is 0 Å². The lowest BCUT2D eigenvalue weighted by atomic mass is 9.95. The summed E-state index contributed by atoms with van der Waals surface area (Å²) >= 11 is 0. The summed E-state index contributed by atoms with van der Waals surface area (Å²) in [5, 5.41) is 125. The van der Waals surface area contributed by atoms with Crippen molar-refractivity contribution in [1.82, 2.24) is 0 Å². The van der Waals surface area contributed by atoms with Crippen LogP contribution in [0, 0.1) is 0 Å². The molecule has 0 saturated carbocycles. The number of phenols is 10. The Bertz CT molecular complexity index is 7300. The number of aromatic hydroxyl groups is 13. The minimum Gasteiger partial charge on any atom is -0.508 e. The van der Waals surface area contributed by atoms with E-state index in [4.69, 9.17) is 27.5 Å². The molecule has 0 radical (unpaired) electrons. The van der Waals surface area contributed by atoms with Crippen LogP contribution in [0.15, 0.2) is 367 Å². The largest absolute Gasteiger partial charge is 0.508 e. The molecule has 0 aliphatic carbocycles. The third-order valence-electron chi connectivity index (χ3n) is 20.2. The maximum Gasteiger partial charge on any atom is 0.238 e. The average Bonchev–Trinajstić information content (AvgIpc) is 0.765. The molecular weight excluding hydrogens is 1690 g/mol. The van der Waals surface area contributed by atoms with E-state index in [-0.39, 0.29) is 143 Å². The second-order valence-electron chi connectivity index (χ2n) is 29.2. The lowest BCUT2D eigenvalue weighted by Crippen LogP contribution is -2.20. The summed E-state index contributed by atoms with van der Waals surface area (Å²) in [6.07, 6.45) is 6.43. The van der Waals surface area contributed by atoms with Crippen LogP contribution in [0.1, 0.15) is 88.7 Å². The molecule has 0 amide bonds. The quantitative estimate of drug-likeness (QED) is 0.0307. The van der Waals surface area contributed by atoms with Gasteiger partial charge in [-0.05, 0) is 150 Å². The third kappa shape index (κ3) is 22.5. The monoisotopic (exact) mass is 1770 g/mol. The summed E-state index contributed by atoms with van der Waals surface area (Å²) in [5.41, 5.74) is 5.43. The number of hydrogen-bond donors (Lipinski definition) is 13. The minimum atomic E-state index is -0.888. The summed E-state index contributed by atoms with van der Waals surface area (Å²) in [7, 11) is 1.60. The number of rotatable bonds is 12. The first kappa shape index (κ1) is 91.4. The van der Waals surface area contributed by atoms with Crippen LogP contribution >= 0.6 is 0 Å². The van der Waals surface area contributed by atoms with Crippen LogP contribution < -0.4 is 30.5 Å². The van der Waals surface area contributed by atoms with E-state index in [1.54, 1.807) is 86.0 Å². The first-order valence-corrected chi connectivity index (χ1v) is 40.3. The molecular formula is C106H80O26. The summed E-state index contributed by atoms with van der Waals surface area (Å²) in [6, 6.07) is 90.5. The number of Topliss-reactive ketones (excluding diaryl/α,β-unsaturated/α-hetero) is 2. The van der Waals surface area contributed by atoms with Crippen molar-refractivity contribution in [2.45, 2.75) is 25.0 Å². The van der Waals surface area contributed by atoms with E-state index in [0.29, 0.717) is 45.4 Å². The van der Waals surface area contributed by atoms with Gasteiger partial charge in [-0.25, -0.2) is 0 Å². The first-order chi connectivity index (χ1) is 63.7. The number of allylic oxidation sites excluding steroid dienone is 2. The molecule has 132 heavy (non-hydrogen) atoms. The Labute approximate surface area is 750 Å². The van der Waals surface area contributed by atoms with Crippen LogP contribution in [0.4, 0.5) is 0 Å². The van der Waals surface area contributed by atoms with Gasteiger partial charge in [0.2, 0.25) is 33.5 Å². The molecule has 2 aliphatic heterocycles. The van der Waals surface area contributed by atoms with Crippen molar-refractivity contribution >= 4 is 68.2 Å². The number of carbonyl (C=O) groups excluding carboxylic acids is 4. The van der Waals surface area contributed by atoms with E-state index >= 15 is 0 Å². The Hall–Kier alpha value is -18.3. The Morgan fingerprint density at radius 3 is 1.45 bits per heavy atom. The highest BCUT2D eigenvalue weighted by atomic mass is 16.5. The van der Waals surface area contributed by atoms with Gasteiger partial charge in [0.25, 0.3) is 0 Å². The number of para-hydroxylation sites is 3. The summed E-state index contributed by atoms with van der Waals surface area (Å²) in [5.74, 6) is -2.33. The number of hydrogen-bond acceptors (Lipinski definition) is 26. The SMILES string of the molecule is COc1ccc(/C=C/C(=O)c2ccccc2O)cc1.O=C(/C=C/c1ccccc1)c1ccccc1.O=C1CC(c2ccc(O)cc2)Oc2cc(O)cc(O)c21.O=C1CC(c2ccccc2)Oc2ccccc21.O=c1c(O)c(-c2ccc(O)c(O)c2)oc2cc(O)cc(O)c12.O=c1c(O)c(-c2ccc(O)cc2)oc2cc(O)ccc12.O=c1c(O)c(-c2ccccc2)oc2ccccc12. The molecule has 3 aromatic heterocycles. The first-order valence-electron chi connectivity index (χ1n) is 40.3. The number of fused-ring (bicyclic) bond motifs is 5. The predicted octanol–water partition coefficient (Wildman–Crippen LogP) is 20.5. The van der Waals surface area contributed by atoms with Crippen molar-refractivity contribution in [2.24, 2.45) is 0 Å². The van der Waals surface area contributed by atoms with Crippen LogP contribution in [-0.2, 0) is 0 Å². The van der Waals surface area contributed by atoms with E-state index in [1.165, 1.54) is 78.9 Å². The van der Waals surface area contributed by atoms with Crippen LogP contribution in [0.5, 0.6) is 92.0 Å². The van der Waals surface area contributed by atoms with Crippen LogP contribution in [0.2, 0.25) is 0 Å². The number of carbonyl (C=O) groups is 4. The molecule has 19 rings (SSSR count). The molecule has 13 N–H and O–H groups in total. The van der Waals surface area contributed by atoms with Gasteiger partial charge < -0.3 is 93.8 Å². The molecule has 26 heteroatoms. The molecule has 26 nitrogen and oxygen atoms in total. The van der Waals surface area contributed by atoms with Gasteiger partial charge in [0.05, 0.1) is 41.9 Å². The molecule has 0 spiro atoms. The molecule has 0 fully saturated rings. The van der Waals surface area contributed by atoms with Gasteiger partial charge in [-0.1, -0.05) is 194 Å². The maximum absolute atomic E-state index is 12.1. The van der Waals surface area contributed by atoms with Gasteiger partial charge >= 0.3 is 0 Å². The van der Waals surface area contributed by atoms with Crippen LogP contribution in [0.3, 0.4) is 0 Å². The van der Waals surface area contributed by atoms with E-state index in [0.717, 1.165) is 63.9 Å². The molecule has 0 saturated heterocycles. The fourth-order valence-corrected chi connectivity index (χ4v) is 13.6. The lowest BCUT2D eigenvalue weighted by Gasteiger charge is -2.26. The molecule has 2 atom stereocenters. The zero-order valence-corrected chi connectivity index (χ0v) is 69.7. The van der Waals surface area contributed by atoms with Crippen molar-refractivity contribution in [3.63, 3.8) is 0 Å². The Morgan fingerprint density at radius 1 is 0.333 bits per heavy atom. The Balaban J connectivity index is 0.000000131. The van der Waals surface area contributed by atoms with Crippen LogP contribution in [0.25, 0.3) is 79.0 Å². The molecule has 5 heterocycles. The van der Waals surface area contributed by atoms with E-state index < -0.39 is 45.4 Å². The summed E-state index contributed by atoms with van der Waals surface area (Å²) in [6.45, 7) is 0. The van der Waals surface area contributed by atoms with Crippen molar-refractivity contribution in [2.75, 3.05) is 7.11 Å². The normalized spacial score (nSPS) is 12.7. The smallest absolute Gasteiger partial charge is 0.238 e. The molecule has 0 bridgehead atoms. The zero-order valence-electron chi connectivity index (χ0n) is 69.7. The number of ketones is 4. The van der Waals surface area contributed by atoms with E-state index in [2.05, 4.69) is 0 Å². The van der Waals surface area contributed by atoms with Gasteiger partial charge in [-0.2, -0.15) is 0 Å². The summed E-state index contributed by atoms with van der Waals surface area (Å²) in [4.78, 5) is 83.9. The zero-order chi connectivity index (χ0) is 93.6. The molecule has 660 valence electrons. The van der Waals surface area contributed by atoms with Gasteiger partial charge in [0, 0.05) is 52.6 Å². The Kier molecular flexibility index (Phi) is 29.1. The number of benzene rings is 14. The van der Waals surface area contributed by atoms with Crippen molar-refractivity contribution < 1.29 is 113 Å². The second kappa shape index (κ2) is 42.1. The average molecular weight is 1770 g/mol. The molecule has 2 aliphatic rings. The molecule has 17 aromatic rings. The number of methoxy groups -OCH3 is 1. The van der Waals surface area contributed by atoms with E-state index in [9.17, 15) is 99.9 Å². The van der Waals surface area contributed by atoms with E-state index in [1.807, 2.05) is 164 Å². The lowest BCUT2D eigenvalue weighted by molar-refractivity contribution is 0.0837. The van der Waals surface area contributed by atoms with Gasteiger partial charge in [0.15, 0.2) is 51.9 Å². The topological polar surface area (TPSA) is 450 Å². The third-order valence-corrected chi connectivity index (χ3v) is 20.2. The summed E-state index contributed by atoms with van der Waals surface area (Å²) < 4.78 is 33.0. The predicted molar refractivity (Wildman–Crippen MR) is 495 cm³/mol. The van der Waals surface area contributed by atoms with Gasteiger partial charge in [0.1, 0.15) is 103 Å². The highest BCUT2D eigenvalue weighted by Gasteiger charge is 2.32. The highest BCUT2D eigenvalue weighted by Crippen LogP contribution is 2.44. The van der Waals surface area contributed by atoms with Crippen molar-refractivity contribution in [3.8, 4) is 126 Å². The highest BCUT2D eigenvalue weighted by molar-refractivity contribution is 6.09. The standard InChI is InChI=1S/C16H14O3.C15H10O7.C15H12O5.C15H10O5.C15H10O3.C15H12O2.C15H12O/c1-19-13-9-6-12(7-10-13)8-11-16(18)14-4-2-3-5-15(14)17;16-7-4-10(19)12-11(5-7)22-15(14(21)13(12)20)6-1-2-8(17)9(18)3-6;16-9-3-1-8(2-4-9)13-7-12(19)15-11(18)5-10(17)6-14(15)20-13;16-9-3-1-8(2-4-9)15-14(19)13(18)11-6-5-10(17)7-12(11)20-15;16-13-11-8-4-5-9-12(11)18-15(14(13)17)10-6-2-1-3-7-10;16-13-10-15(11-6-2-1-3-7-11)17-14-9-5-4-8-12(13)14;16-15(14-9-5-2-6-10-14)12-11-13-7-3-1-4-8-13/h2-11,17H,1H3;1-5,16-19,21H;1-6,13,16-18H,7H2;1-7,16-17,19H;1-9,17H;1-9,15H,10H2;1-12H/b11-8+;;;;;;12-11+. The van der Waals surface area contributed by atoms with Crippen molar-refractivity contribution in [1.29, 1.82) is 0 Å². The number of ether oxygens (including phenoxy) is 3.